The van der Waals surface area contributed by atoms with Crippen LogP contribution in [0.2, 0.25) is 0 Å². The fourth-order valence-corrected chi connectivity index (χ4v) is 2.46. The summed E-state index contributed by atoms with van der Waals surface area (Å²) in [5.41, 5.74) is 1.09. The molecule has 98 valence electrons. The van der Waals surface area contributed by atoms with Crippen LogP contribution in [-0.2, 0) is 6.54 Å². The van der Waals surface area contributed by atoms with Crippen molar-refractivity contribution in [1.29, 1.82) is 0 Å². The van der Waals surface area contributed by atoms with E-state index in [1.54, 1.807) is 6.26 Å². The van der Waals surface area contributed by atoms with Gasteiger partial charge in [-0.15, -0.1) is 0 Å². The maximum atomic E-state index is 5.34. The van der Waals surface area contributed by atoms with Crippen LogP contribution in [0.1, 0.15) is 37.7 Å². The van der Waals surface area contributed by atoms with Crippen molar-refractivity contribution < 1.29 is 4.42 Å². The molecule has 0 aliphatic heterocycles. The van der Waals surface area contributed by atoms with Crippen LogP contribution in [0.25, 0.3) is 0 Å². The molecule has 0 bridgehead atoms. The molecule has 0 aromatic carbocycles. The molecule has 0 fully saturated rings. The Hall–Kier alpha value is -1.07. The molecule has 2 heterocycles. The van der Waals surface area contributed by atoms with Gasteiger partial charge >= 0.3 is 0 Å². The first kappa shape index (κ1) is 13.4. The molecule has 18 heavy (non-hydrogen) atoms. The molecule has 0 aliphatic carbocycles. The fourth-order valence-electron chi connectivity index (χ4n) is 1.99. The summed E-state index contributed by atoms with van der Waals surface area (Å²) in [6.45, 7) is 6.13. The zero-order valence-corrected chi connectivity index (χ0v) is 12.3. The molecule has 2 aromatic heterocycles. The summed E-state index contributed by atoms with van der Waals surface area (Å²) in [6, 6.07) is 2.04. The number of halogens is 1. The molecule has 0 aliphatic rings. The van der Waals surface area contributed by atoms with Gasteiger partial charge in [0.15, 0.2) is 4.67 Å². The van der Waals surface area contributed by atoms with E-state index >= 15 is 0 Å². The standard InChI is InChI=1S/C13H18BrN3O/c1-3-6-15-11(10-5-9-18-12(10)14)13-16-7-8-17(13)4-2/h5,7-9,11,15H,3-4,6H2,1-2H3. The van der Waals surface area contributed by atoms with Crippen LogP contribution < -0.4 is 5.32 Å². The van der Waals surface area contributed by atoms with E-state index in [-0.39, 0.29) is 6.04 Å². The number of imidazole rings is 1. The van der Waals surface area contributed by atoms with Crippen LogP contribution in [0.3, 0.4) is 0 Å². The zero-order valence-electron chi connectivity index (χ0n) is 10.7. The van der Waals surface area contributed by atoms with Crippen molar-refractivity contribution in [3.8, 4) is 0 Å². The average molecular weight is 312 g/mol. The fraction of sp³-hybridized carbons (Fsp3) is 0.462. The highest BCUT2D eigenvalue weighted by Gasteiger charge is 2.22. The van der Waals surface area contributed by atoms with Crippen molar-refractivity contribution in [2.45, 2.75) is 32.9 Å². The SMILES string of the molecule is CCCNC(c1ccoc1Br)c1nccn1CC. The third-order valence-corrected chi connectivity index (χ3v) is 3.55. The van der Waals surface area contributed by atoms with E-state index in [0.29, 0.717) is 0 Å². The highest BCUT2D eigenvalue weighted by Crippen LogP contribution is 2.28. The molecule has 4 nitrogen and oxygen atoms in total. The summed E-state index contributed by atoms with van der Waals surface area (Å²) in [7, 11) is 0. The van der Waals surface area contributed by atoms with Crippen molar-refractivity contribution in [3.05, 3.63) is 40.8 Å². The van der Waals surface area contributed by atoms with Crippen LogP contribution in [0.5, 0.6) is 0 Å². The number of nitrogens with zero attached hydrogens (tertiary/aromatic N) is 2. The zero-order chi connectivity index (χ0) is 13.0. The summed E-state index contributed by atoms with van der Waals surface area (Å²) >= 11 is 3.45. The van der Waals surface area contributed by atoms with Crippen molar-refractivity contribution in [2.75, 3.05) is 6.54 Å². The van der Waals surface area contributed by atoms with Gasteiger partial charge in [-0.2, -0.15) is 0 Å². The first-order valence-corrected chi connectivity index (χ1v) is 7.04. The van der Waals surface area contributed by atoms with Crippen LogP contribution in [-0.4, -0.2) is 16.1 Å². The van der Waals surface area contributed by atoms with E-state index in [1.807, 2.05) is 18.5 Å². The van der Waals surface area contributed by atoms with Gasteiger partial charge in [0.1, 0.15) is 5.82 Å². The Bertz CT molecular complexity index is 492. The van der Waals surface area contributed by atoms with Gasteiger partial charge in [-0.3, -0.25) is 0 Å². The van der Waals surface area contributed by atoms with Gasteiger partial charge in [-0.05, 0) is 41.9 Å². The lowest BCUT2D eigenvalue weighted by atomic mass is 10.1. The van der Waals surface area contributed by atoms with Gasteiger partial charge < -0.3 is 14.3 Å². The summed E-state index contributed by atoms with van der Waals surface area (Å²) in [5, 5.41) is 3.52. The minimum atomic E-state index is 0.0630. The lowest BCUT2D eigenvalue weighted by molar-refractivity contribution is 0.507. The lowest BCUT2D eigenvalue weighted by Gasteiger charge is -2.18. The van der Waals surface area contributed by atoms with Crippen molar-refractivity contribution >= 4 is 15.9 Å². The van der Waals surface area contributed by atoms with E-state index in [2.05, 4.69) is 44.6 Å². The predicted molar refractivity (Wildman–Crippen MR) is 74.4 cm³/mol. The second-order valence-corrected chi connectivity index (χ2v) is 4.83. The Kier molecular flexibility index (Phi) is 4.60. The van der Waals surface area contributed by atoms with Gasteiger partial charge in [0.05, 0.1) is 12.3 Å². The largest absolute Gasteiger partial charge is 0.457 e. The normalized spacial score (nSPS) is 12.8. The molecular formula is C13H18BrN3O. The van der Waals surface area contributed by atoms with Crippen molar-refractivity contribution in [1.82, 2.24) is 14.9 Å². The highest BCUT2D eigenvalue weighted by molar-refractivity contribution is 9.10. The molecule has 0 spiro atoms. The summed E-state index contributed by atoms with van der Waals surface area (Å²) in [6.07, 6.45) is 6.62. The number of aromatic nitrogens is 2. The number of hydrogen-bond acceptors (Lipinski definition) is 3. The van der Waals surface area contributed by atoms with Crippen molar-refractivity contribution in [2.24, 2.45) is 0 Å². The number of rotatable bonds is 6. The topological polar surface area (TPSA) is 43.0 Å². The Morgan fingerprint density at radius 2 is 2.33 bits per heavy atom. The average Bonchev–Trinajstić information content (AvgIpc) is 2.99. The smallest absolute Gasteiger partial charge is 0.174 e. The van der Waals surface area contributed by atoms with Gasteiger partial charge in [0.25, 0.3) is 0 Å². The molecule has 1 N–H and O–H groups in total. The minimum Gasteiger partial charge on any atom is -0.457 e. The van der Waals surface area contributed by atoms with Gasteiger partial charge in [-0.25, -0.2) is 4.98 Å². The van der Waals surface area contributed by atoms with Crippen LogP contribution in [0.4, 0.5) is 0 Å². The Balaban J connectivity index is 2.34. The molecule has 0 amide bonds. The first-order valence-electron chi connectivity index (χ1n) is 6.25. The molecule has 5 heteroatoms. The second-order valence-electron chi connectivity index (χ2n) is 4.11. The van der Waals surface area contributed by atoms with E-state index in [1.165, 1.54) is 0 Å². The third-order valence-electron chi connectivity index (χ3n) is 2.90. The Labute approximate surface area is 116 Å². The summed E-state index contributed by atoms with van der Waals surface area (Å²) in [4.78, 5) is 4.48. The maximum absolute atomic E-state index is 5.34. The van der Waals surface area contributed by atoms with Crippen LogP contribution in [0.15, 0.2) is 33.8 Å². The first-order chi connectivity index (χ1) is 8.77. The Morgan fingerprint density at radius 1 is 1.50 bits per heavy atom. The molecule has 2 rings (SSSR count). The van der Waals surface area contributed by atoms with Gasteiger partial charge in [0.2, 0.25) is 0 Å². The van der Waals surface area contributed by atoms with E-state index in [4.69, 9.17) is 4.42 Å². The van der Waals surface area contributed by atoms with Crippen molar-refractivity contribution in [3.63, 3.8) is 0 Å². The monoisotopic (exact) mass is 311 g/mol. The van der Waals surface area contributed by atoms with Gasteiger partial charge in [-0.1, -0.05) is 6.92 Å². The minimum absolute atomic E-state index is 0.0630. The van der Waals surface area contributed by atoms with Gasteiger partial charge in [0, 0.05) is 24.5 Å². The molecule has 0 saturated heterocycles. The van der Waals surface area contributed by atoms with E-state index < -0.39 is 0 Å². The molecule has 0 radical (unpaired) electrons. The third kappa shape index (κ3) is 2.67. The lowest BCUT2D eigenvalue weighted by Crippen LogP contribution is -2.26. The molecule has 1 unspecified atom stereocenters. The molecule has 1 atom stereocenters. The summed E-state index contributed by atoms with van der Waals surface area (Å²) < 4.78 is 8.25. The van der Waals surface area contributed by atoms with Crippen LogP contribution >= 0.6 is 15.9 Å². The number of aryl methyl sites for hydroxylation is 1. The number of furan rings is 1. The second kappa shape index (κ2) is 6.20. The molecule has 0 saturated carbocycles. The number of nitrogens with one attached hydrogen (secondary N) is 1. The van der Waals surface area contributed by atoms with Crippen LogP contribution in [0, 0.1) is 0 Å². The molecule has 2 aromatic rings. The number of hydrogen-bond donors (Lipinski definition) is 1. The molecular weight excluding hydrogens is 294 g/mol. The van der Waals surface area contributed by atoms with E-state index in [0.717, 1.165) is 35.6 Å². The highest BCUT2D eigenvalue weighted by atomic mass is 79.9. The van der Waals surface area contributed by atoms with E-state index in [9.17, 15) is 0 Å². The summed E-state index contributed by atoms with van der Waals surface area (Å²) in [5.74, 6) is 1.02. The quantitative estimate of drug-likeness (QED) is 0.889. The maximum Gasteiger partial charge on any atom is 0.174 e. The Morgan fingerprint density at radius 3 is 2.94 bits per heavy atom. The predicted octanol–water partition coefficient (Wildman–Crippen LogP) is 3.35.